The minimum atomic E-state index is -1.24. The molecule has 0 amide bonds. The van der Waals surface area contributed by atoms with Gasteiger partial charge in [0.05, 0.1) is 0 Å². The van der Waals surface area contributed by atoms with Crippen molar-refractivity contribution in [1.82, 2.24) is 0 Å². The van der Waals surface area contributed by atoms with Crippen molar-refractivity contribution < 1.29 is 8.98 Å². The molecule has 0 aromatic carbocycles. The van der Waals surface area contributed by atoms with E-state index in [4.69, 9.17) is 9.92 Å². The van der Waals surface area contributed by atoms with Crippen molar-refractivity contribution in [1.29, 1.82) is 0 Å². The first-order chi connectivity index (χ1) is 4.87. The fourth-order valence-corrected chi connectivity index (χ4v) is 1.15. The second-order valence-corrected chi connectivity index (χ2v) is 6.90. The predicted octanol–water partition coefficient (Wildman–Crippen LogP) is 0.396. The summed E-state index contributed by atoms with van der Waals surface area (Å²) in [5.41, 5.74) is 5.39. The molecule has 0 heterocycles. The van der Waals surface area contributed by atoms with E-state index in [-0.39, 0.29) is 5.97 Å². The molecule has 1 unspecified atom stereocenters. The molecule has 0 radical (unpaired) electrons. The van der Waals surface area contributed by atoms with Gasteiger partial charge in [-0.25, -0.2) is 4.79 Å². The Morgan fingerprint density at radius 3 is 2.36 bits per heavy atom. The summed E-state index contributed by atoms with van der Waals surface area (Å²) in [7, 11) is -1.24. The van der Waals surface area contributed by atoms with E-state index in [9.17, 15) is 4.79 Å². The summed E-state index contributed by atoms with van der Waals surface area (Å²) in [6.07, 6.45) is 5.66. The van der Waals surface area contributed by atoms with Crippen molar-refractivity contribution in [2.75, 3.05) is 24.5 Å². The Balaban J connectivity index is 3.88. The summed E-state index contributed by atoms with van der Waals surface area (Å²) < 4.78 is 5.06. The van der Waals surface area contributed by atoms with Gasteiger partial charge < -0.3 is 9.92 Å². The minimum absolute atomic E-state index is 0.328. The number of carbonyl (C=O) groups excluding carboxylic acids is 1. The van der Waals surface area contributed by atoms with Gasteiger partial charge in [-0.3, -0.25) is 0 Å². The Morgan fingerprint density at radius 2 is 2.09 bits per heavy atom. The summed E-state index contributed by atoms with van der Waals surface area (Å²) in [4.78, 5) is 11.0. The van der Waals surface area contributed by atoms with Gasteiger partial charge in [0.2, 0.25) is 0 Å². The van der Waals surface area contributed by atoms with Crippen molar-refractivity contribution in [3.05, 3.63) is 0 Å². The van der Waals surface area contributed by atoms with Crippen LogP contribution in [0.3, 0.4) is 0 Å². The molecule has 0 aromatic rings. The first-order valence-corrected chi connectivity index (χ1v) is 6.56. The van der Waals surface area contributed by atoms with Crippen LogP contribution in [0.2, 0.25) is 0 Å². The average molecular weight is 197 g/mol. The van der Waals surface area contributed by atoms with Crippen molar-refractivity contribution in [2.45, 2.75) is 6.04 Å². The molecular weight excluding hydrogens is 182 g/mol. The molecule has 68 valence electrons. The Hall–Kier alpha value is 0.130. The molecule has 3 nitrogen and oxygen atoms in total. The number of nitrogens with two attached hydrogens (primary N) is 1. The molecule has 5 heteroatoms. The fourth-order valence-electron chi connectivity index (χ4n) is 0.383. The van der Waals surface area contributed by atoms with Crippen molar-refractivity contribution >= 4 is 28.9 Å². The molecule has 0 saturated carbocycles. The predicted molar refractivity (Wildman–Crippen MR) is 53.3 cm³/mol. The number of hydrogen-bond acceptors (Lipinski definition) is 4. The van der Waals surface area contributed by atoms with Crippen molar-refractivity contribution in [3.63, 3.8) is 0 Å². The molecule has 0 saturated heterocycles. The van der Waals surface area contributed by atoms with Gasteiger partial charge in [-0.05, 0) is 18.8 Å². The standard InChI is InChI=1S/C6H15NO2S2/c1-11(2,3)9-6(8)5(7)4-10/h5,10H,4,7H2,1-3H3. The van der Waals surface area contributed by atoms with Crippen molar-refractivity contribution in [2.24, 2.45) is 5.73 Å². The highest BCUT2D eigenvalue weighted by Gasteiger charge is 2.17. The highest BCUT2D eigenvalue weighted by molar-refractivity contribution is 8.28. The van der Waals surface area contributed by atoms with E-state index in [0.29, 0.717) is 5.75 Å². The first-order valence-electron chi connectivity index (χ1n) is 3.15. The Bertz CT molecular complexity index is 144. The normalized spacial score (nSPS) is 15.7. The van der Waals surface area contributed by atoms with Crippen LogP contribution in [-0.2, 0) is 8.98 Å². The fraction of sp³-hybridized carbons (Fsp3) is 0.833. The maximum absolute atomic E-state index is 11.0. The van der Waals surface area contributed by atoms with Gasteiger partial charge in [0.25, 0.3) is 0 Å². The van der Waals surface area contributed by atoms with Gasteiger partial charge >= 0.3 is 5.97 Å². The maximum Gasteiger partial charge on any atom is 0.334 e. The van der Waals surface area contributed by atoms with Crippen LogP contribution in [-0.4, -0.2) is 36.5 Å². The third-order valence-electron chi connectivity index (χ3n) is 0.832. The Kier molecular flexibility index (Phi) is 4.28. The van der Waals surface area contributed by atoms with Gasteiger partial charge in [-0.15, -0.1) is 0 Å². The van der Waals surface area contributed by atoms with E-state index in [1.165, 1.54) is 0 Å². The zero-order valence-electron chi connectivity index (χ0n) is 7.03. The summed E-state index contributed by atoms with van der Waals surface area (Å²) in [6, 6.07) is -0.593. The largest absolute Gasteiger partial charge is 0.415 e. The molecule has 0 aliphatic rings. The molecule has 11 heavy (non-hydrogen) atoms. The summed E-state index contributed by atoms with van der Waals surface area (Å²) in [5, 5.41) is 0. The van der Waals surface area contributed by atoms with E-state index in [0.717, 1.165) is 0 Å². The number of carbonyl (C=O) groups is 1. The SMILES string of the molecule is CS(C)(C)OC(=O)C(N)CS. The summed E-state index contributed by atoms with van der Waals surface area (Å²) >= 11 is 3.89. The van der Waals surface area contributed by atoms with Crippen LogP contribution in [0.5, 0.6) is 0 Å². The lowest BCUT2D eigenvalue weighted by atomic mass is 10.4. The summed E-state index contributed by atoms with van der Waals surface area (Å²) in [6.45, 7) is 0. The lowest BCUT2D eigenvalue weighted by Crippen LogP contribution is -2.34. The van der Waals surface area contributed by atoms with E-state index in [2.05, 4.69) is 12.6 Å². The van der Waals surface area contributed by atoms with E-state index in [1.54, 1.807) is 0 Å². The van der Waals surface area contributed by atoms with E-state index in [1.807, 2.05) is 18.8 Å². The zero-order valence-corrected chi connectivity index (χ0v) is 8.74. The van der Waals surface area contributed by atoms with Gasteiger partial charge in [0.15, 0.2) is 0 Å². The van der Waals surface area contributed by atoms with Gasteiger partial charge in [-0.2, -0.15) is 12.6 Å². The van der Waals surface area contributed by atoms with Crippen LogP contribution in [0.25, 0.3) is 0 Å². The highest BCUT2D eigenvalue weighted by Crippen LogP contribution is 2.36. The third kappa shape index (κ3) is 5.41. The first kappa shape index (κ1) is 11.1. The number of rotatable bonds is 3. The monoisotopic (exact) mass is 197 g/mol. The zero-order chi connectivity index (χ0) is 9.07. The topological polar surface area (TPSA) is 52.3 Å². The summed E-state index contributed by atoms with van der Waals surface area (Å²) in [5.74, 6) is -0.0311. The smallest absolute Gasteiger partial charge is 0.334 e. The molecule has 0 bridgehead atoms. The molecule has 2 N–H and O–H groups in total. The van der Waals surface area contributed by atoms with E-state index >= 15 is 0 Å². The Labute approximate surface area is 74.6 Å². The van der Waals surface area contributed by atoms with Crippen LogP contribution >= 0.6 is 22.9 Å². The maximum atomic E-state index is 11.0. The lowest BCUT2D eigenvalue weighted by Gasteiger charge is -2.26. The van der Waals surface area contributed by atoms with Crippen LogP contribution in [0.15, 0.2) is 0 Å². The molecule has 0 aliphatic heterocycles. The minimum Gasteiger partial charge on any atom is -0.415 e. The third-order valence-corrected chi connectivity index (χ3v) is 1.89. The van der Waals surface area contributed by atoms with Gasteiger partial charge in [0.1, 0.15) is 6.04 Å². The second-order valence-electron chi connectivity index (χ2n) is 2.92. The second kappa shape index (κ2) is 4.23. The molecule has 0 spiro atoms. The quantitative estimate of drug-likeness (QED) is 0.644. The van der Waals surface area contributed by atoms with Crippen LogP contribution in [0, 0.1) is 0 Å². The number of thiol groups is 1. The van der Waals surface area contributed by atoms with Crippen LogP contribution in [0.4, 0.5) is 0 Å². The van der Waals surface area contributed by atoms with Crippen molar-refractivity contribution in [3.8, 4) is 0 Å². The average Bonchev–Trinajstić information content (AvgIpc) is 1.82. The molecular formula is C6H15NO2S2. The van der Waals surface area contributed by atoms with E-state index < -0.39 is 16.4 Å². The lowest BCUT2D eigenvalue weighted by molar-refractivity contribution is -0.134. The molecule has 0 aliphatic carbocycles. The Morgan fingerprint density at radius 1 is 1.64 bits per heavy atom. The van der Waals surface area contributed by atoms with Gasteiger partial charge in [-0.1, -0.05) is 10.3 Å². The highest BCUT2D eigenvalue weighted by atomic mass is 32.3. The van der Waals surface area contributed by atoms with Crippen LogP contribution in [0.1, 0.15) is 0 Å². The molecule has 0 fully saturated rings. The molecule has 1 atom stereocenters. The molecule has 0 aromatic heterocycles. The van der Waals surface area contributed by atoms with Crippen LogP contribution < -0.4 is 5.73 Å². The number of hydrogen-bond donors (Lipinski definition) is 2. The molecule has 0 rings (SSSR count). The van der Waals surface area contributed by atoms with Gasteiger partial charge in [0, 0.05) is 5.75 Å².